The van der Waals surface area contributed by atoms with Gasteiger partial charge in [0.25, 0.3) is 0 Å². The standard InChI is InChI=1S/C8H16N4/c1-5-7-9-10-8(12(7)4)6-11(2)3/h5-6H2,1-4H3/p+1. The Bertz CT molecular complexity index is 217. The van der Waals surface area contributed by atoms with Crippen molar-refractivity contribution in [3.63, 3.8) is 0 Å². The highest BCUT2D eigenvalue weighted by molar-refractivity contribution is 5.91. The highest BCUT2D eigenvalue weighted by Crippen LogP contribution is 1.88. The van der Waals surface area contributed by atoms with Crippen LogP contribution >= 0.6 is 0 Å². The predicted octanol–water partition coefficient (Wildman–Crippen LogP) is -0.802. The van der Waals surface area contributed by atoms with Crippen molar-refractivity contribution in [1.82, 2.24) is 4.90 Å². The SMILES string of the molecule is CCC1=NN=C(CN(C)C)[NH+]1C. The minimum atomic E-state index is 0.888. The third kappa shape index (κ3) is 1.89. The number of nitrogens with zero attached hydrogens (tertiary/aromatic N) is 3. The number of nitrogens with one attached hydrogen (secondary N) is 1. The Balaban J connectivity index is 2.53. The molecule has 0 aliphatic carbocycles. The van der Waals surface area contributed by atoms with E-state index in [9.17, 15) is 0 Å². The minimum absolute atomic E-state index is 0.888. The second kappa shape index (κ2) is 3.78. The largest absolute Gasteiger partial charge is 0.299 e. The molecule has 1 N–H and O–H groups in total. The second-order valence-electron chi connectivity index (χ2n) is 3.31. The molecule has 4 nitrogen and oxygen atoms in total. The Morgan fingerprint density at radius 1 is 1.25 bits per heavy atom. The van der Waals surface area contributed by atoms with Crippen molar-refractivity contribution in [2.24, 2.45) is 10.2 Å². The van der Waals surface area contributed by atoms with Crippen molar-refractivity contribution in [2.45, 2.75) is 13.3 Å². The summed E-state index contributed by atoms with van der Waals surface area (Å²) in [7, 11) is 6.18. The average molecular weight is 169 g/mol. The third-order valence-corrected chi connectivity index (χ3v) is 1.96. The molecule has 12 heavy (non-hydrogen) atoms. The molecule has 1 atom stereocenters. The molecule has 0 amide bonds. The molecule has 0 aromatic heterocycles. The zero-order valence-corrected chi connectivity index (χ0v) is 8.26. The van der Waals surface area contributed by atoms with E-state index < -0.39 is 0 Å². The maximum absolute atomic E-state index is 4.14. The van der Waals surface area contributed by atoms with Gasteiger partial charge in [-0.2, -0.15) is 0 Å². The number of hydrogen-bond acceptors (Lipinski definition) is 3. The number of hydrogen-bond donors (Lipinski definition) is 1. The predicted molar refractivity (Wildman–Crippen MR) is 50.6 cm³/mol. The van der Waals surface area contributed by atoms with Gasteiger partial charge in [0.2, 0.25) is 11.7 Å². The van der Waals surface area contributed by atoms with E-state index in [0.29, 0.717) is 0 Å². The van der Waals surface area contributed by atoms with Crippen LogP contribution in [0, 0.1) is 0 Å². The van der Waals surface area contributed by atoms with E-state index in [1.807, 2.05) is 14.1 Å². The van der Waals surface area contributed by atoms with Crippen LogP contribution in [-0.4, -0.2) is 44.3 Å². The first kappa shape index (κ1) is 9.35. The van der Waals surface area contributed by atoms with E-state index in [1.54, 1.807) is 0 Å². The van der Waals surface area contributed by atoms with Crippen LogP contribution in [0.2, 0.25) is 0 Å². The molecule has 0 aromatic rings. The summed E-state index contributed by atoms with van der Waals surface area (Å²) in [6, 6.07) is 0. The van der Waals surface area contributed by atoms with Gasteiger partial charge in [-0.1, -0.05) is 17.1 Å². The molecule has 0 fully saturated rings. The average Bonchev–Trinajstić information content (AvgIpc) is 2.32. The number of rotatable bonds is 3. The summed E-state index contributed by atoms with van der Waals surface area (Å²) in [4.78, 5) is 3.36. The normalized spacial score (nSPS) is 22.9. The first-order valence-electron chi connectivity index (χ1n) is 4.27. The molecule has 1 unspecified atom stereocenters. The van der Waals surface area contributed by atoms with Gasteiger partial charge in [-0.15, -0.1) is 0 Å². The van der Waals surface area contributed by atoms with Gasteiger partial charge in [0.15, 0.2) is 0 Å². The van der Waals surface area contributed by atoms with E-state index in [2.05, 4.69) is 29.1 Å². The Kier molecular flexibility index (Phi) is 2.94. The Morgan fingerprint density at radius 3 is 2.25 bits per heavy atom. The lowest BCUT2D eigenvalue weighted by molar-refractivity contribution is -0.675. The van der Waals surface area contributed by atoms with Crippen molar-refractivity contribution < 1.29 is 4.90 Å². The zero-order valence-electron chi connectivity index (χ0n) is 8.26. The summed E-state index contributed by atoms with van der Waals surface area (Å²) in [5, 5.41) is 8.25. The topological polar surface area (TPSA) is 32.4 Å². The van der Waals surface area contributed by atoms with Crippen molar-refractivity contribution in [2.75, 3.05) is 27.7 Å². The Labute approximate surface area is 73.6 Å². The van der Waals surface area contributed by atoms with Gasteiger partial charge in [0.1, 0.15) is 0 Å². The molecule has 0 spiro atoms. The molecular formula is C8H17N4+. The molecule has 0 saturated carbocycles. The minimum Gasteiger partial charge on any atom is -0.299 e. The first-order chi connectivity index (χ1) is 5.65. The fraction of sp³-hybridized carbons (Fsp3) is 0.750. The van der Waals surface area contributed by atoms with Crippen LogP contribution < -0.4 is 4.90 Å². The maximum Gasteiger partial charge on any atom is 0.241 e. The number of amidine groups is 2. The fourth-order valence-electron chi connectivity index (χ4n) is 1.22. The molecule has 68 valence electrons. The van der Waals surface area contributed by atoms with E-state index in [4.69, 9.17) is 0 Å². The molecule has 4 heteroatoms. The molecule has 1 rings (SSSR count). The van der Waals surface area contributed by atoms with Crippen LogP contribution in [-0.2, 0) is 0 Å². The lowest BCUT2D eigenvalue weighted by Crippen LogP contribution is -3.13. The molecule has 1 heterocycles. The molecule has 1 aliphatic rings. The second-order valence-corrected chi connectivity index (χ2v) is 3.31. The van der Waals surface area contributed by atoms with Crippen LogP contribution in [0.4, 0.5) is 0 Å². The third-order valence-electron chi connectivity index (χ3n) is 1.96. The summed E-state index contributed by atoms with van der Waals surface area (Å²) in [5.41, 5.74) is 0. The van der Waals surface area contributed by atoms with Crippen molar-refractivity contribution >= 4 is 11.7 Å². The van der Waals surface area contributed by atoms with Gasteiger partial charge >= 0.3 is 0 Å². The van der Waals surface area contributed by atoms with Gasteiger partial charge in [0.05, 0.1) is 13.6 Å². The van der Waals surface area contributed by atoms with E-state index in [1.165, 1.54) is 4.90 Å². The molecule has 0 radical (unpaired) electrons. The van der Waals surface area contributed by atoms with Gasteiger partial charge < -0.3 is 0 Å². The Morgan fingerprint density at radius 2 is 1.83 bits per heavy atom. The monoisotopic (exact) mass is 169 g/mol. The quantitative estimate of drug-likeness (QED) is 0.589. The van der Waals surface area contributed by atoms with Gasteiger partial charge in [-0.25, -0.2) is 4.90 Å². The van der Waals surface area contributed by atoms with E-state index >= 15 is 0 Å². The number of quaternary nitrogens is 1. The fourth-order valence-corrected chi connectivity index (χ4v) is 1.22. The van der Waals surface area contributed by atoms with E-state index in [-0.39, 0.29) is 0 Å². The maximum atomic E-state index is 4.14. The van der Waals surface area contributed by atoms with Crippen molar-refractivity contribution in [1.29, 1.82) is 0 Å². The summed E-state index contributed by atoms with van der Waals surface area (Å²) < 4.78 is 0. The van der Waals surface area contributed by atoms with Crippen LogP contribution in [0.15, 0.2) is 10.2 Å². The van der Waals surface area contributed by atoms with Crippen LogP contribution in [0.5, 0.6) is 0 Å². The molecule has 0 aromatic carbocycles. The van der Waals surface area contributed by atoms with E-state index in [0.717, 1.165) is 24.6 Å². The smallest absolute Gasteiger partial charge is 0.241 e. The van der Waals surface area contributed by atoms with Crippen molar-refractivity contribution in [3.8, 4) is 0 Å². The van der Waals surface area contributed by atoms with Crippen molar-refractivity contribution in [3.05, 3.63) is 0 Å². The highest BCUT2D eigenvalue weighted by atomic mass is 15.4. The van der Waals surface area contributed by atoms with Crippen LogP contribution in [0.3, 0.4) is 0 Å². The lowest BCUT2D eigenvalue weighted by Gasteiger charge is -2.12. The molecule has 0 saturated heterocycles. The van der Waals surface area contributed by atoms with Gasteiger partial charge in [0, 0.05) is 6.42 Å². The van der Waals surface area contributed by atoms with Gasteiger partial charge in [-0.3, -0.25) is 4.90 Å². The zero-order chi connectivity index (χ0) is 9.14. The van der Waals surface area contributed by atoms with Crippen LogP contribution in [0.25, 0.3) is 0 Å². The summed E-state index contributed by atoms with van der Waals surface area (Å²) in [5.74, 6) is 2.24. The number of likely N-dealkylation sites (N-methyl/N-ethyl adjacent to an activating group) is 2. The molecule has 1 aliphatic heterocycles. The lowest BCUT2D eigenvalue weighted by atomic mass is 10.4. The summed E-state index contributed by atoms with van der Waals surface area (Å²) in [6.07, 6.45) is 0.978. The Hall–Kier alpha value is -0.740. The highest BCUT2D eigenvalue weighted by Gasteiger charge is 2.23. The summed E-state index contributed by atoms with van der Waals surface area (Å²) in [6.45, 7) is 3.00. The van der Waals surface area contributed by atoms with Gasteiger partial charge in [-0.05, 0) is 14.1 Å². The summed E-state index contributed by atoms with van der Waals surface area (Å²) >= 11 is 0. The first-order valence-corrected chi connectivity index (χ1v) is 4.27. The molecule has 0 bridgehead atoms. The molecular weight excluding hydrogens is 152 g/mol. The van der Waals surface area contributed by atoms with Crippen LogP contribution in [0.1, 0.15) is 13.3 Å².